The maximum absolute atomic E-state index is 10.3. The number of rotatable bonds is 5. The molecule has 2 saturated carbocycles. The molecule has 0 amide bonds. The topological polar surface area (TPSA) is 23.5 Å². The molecule has 2 nitrogen and oxygen atoms in total. The monoisotopic (exact) mass is 239 g/mol. The van der Waals surface area contributed by atoms with E-state index in [1.54, 1.807) is 0 Å². The molecule has 2 heteroatoms. The first-order valence-corrected chi connectivity index (χ1v) is 7.62. The van der Waals surface area contributed by atoms with E-state index in [0.29, 0.717) is 6.04 Å². The van der Waals surface area contributed by atoms with Gasteiger partial charge >= 0.3 is 0 Å². The maximum Gasteiger partial charge on any atom is 0.0695 e. The summed E-state index contributed by atoms with van der Waals surface area (Å²) in [5.41, 5.74) is 0. The Bertz CT molecular complexity index is 225. The zero-order valence-electron chi connectivity index (χ0n) is 11.6. The molecule has 2 unspecified atom stereocenters. The summed E-state index contributed by atoms with van der Waals surface area (Å²) in [7, 11) is 0. The van der Waals surface area contributed by atoms with Crippen LogP contribution in [0.2, 0.25) is 0 Å². The van der Waals surface area contributed by atoms with Crippen molar-refractivity contribution in [2.24, 2.45) is 5.92 Å². The van der Waals surface area contributed by atoms with Gasteiger partial charge in [-0.15, -0.1) is 0 Å². The van der Waals surface area contributed by atoms with Crippen LogP contribution in [0, 0.1) is 5.92 Å². The molecule has 2 fully saturated rings. The van der Waals surface area contributed by atoms with Gasteiger partial charge in [0, 0.05) is 12.1 Å². The molecule has 2 rings (SSSR count). The van der Waals surface area contributed by atoms with Crippen LogP contribution in [-0.2, 0) is 0 Å². The Kier molecular flexibility index (Phi) is 4.87. The third kappa shape index (κ3) is 3.96. The lowest BCUT2D eigenvalue weighted by Crippen LogP contribution is -2.45. The Balaban J connectivity index is 1.92. The Morgan fingerprint density at radius 1 is 1.06 bits per heavy atom. The smallest absolute Gasteiger partial charge is 0.0695 e. The van der Waals surface area contributed by atoms with Crippen molar-refractivity contribution in [1.82, 2.24) is 4.90 Å². The third-order valence-corrected chi connectivity index (χ3v) is 4.35. The molecular weight excluding hydrogens is 210 g/mol. The van der Waals surface area contributed by atoms with E-state index in [1.165, 1.54) is 51.5 Å². The predicted molar refractivity (Wildman–Crippen MR) is 72.1 cm³/mol. The van der Waals surface area contributed by atoms with Gasteiger partial charge in [0.1, 0.15) is 0 Å². The van der Waals surface area contributed by atoms with Crippen LogP contribution in [0.1, 0.15) is 65.2 Å². The lowest BCUT2D eigenvalue weighted by Gasteiger charge is -2.34. The Labute approximate surface area is 106 Å². The summed E-state index contributed by atoms with van der Waals surface area (Å²) in [5, 5.41) is 10.3. The summed E-state index contributed by atoms with van der Waals surface area (Å²) in [5.74, 6) is 0.777. The highest BCUT2D eigenvalue weighted by molar-refractivity contribution is 4.92. The molecule has 0 spiro atoms. The zero-order chi connectivity index (χ0) is 12.3. The molecule has 0 saturated heterocycles. The van der Waals surface area contributed by atoms with Crippen molar-refractivity contribution >= 4 is 0 Å². The van der Waals surface area contributed by atoms with Gasteiger partial charge in [-0.3, -0.25) is 4.90 Å². The molecule has 0 aliphatic heterocycles. The molecule has 1 N–H and O–H groups in total. The van der Waals surface area contributed by atoms with E-state index >= 15 is 0 Å². The largest absolute Gasteiger partial charge is 0.391 e. The highest BCUT2D eigenvalue weighted by Crippen LogP contribution is 2.33. The van der Waals surface area contributed by atoms with Gasteiger partial charge in [-0.25, -0.2) is 0 Å². The Morgan fingerprint density at radius 3 is 2.41 bits per heavy atom. The molecule has 17 heavy (non-hydrogen) atoms. The predicted octanol–water partition coefficient (Wildman–Crippen LogP) is 3.19. The van der Waals surface area contributed by atoms with Crippen molar-refractivity contribution < 1.29 is 5.11 Å². The minimum Gasteiger partial charge on any atom is -0.391 e. The first-order chi connectivity index (χ1) is 8.18. The van der Waals surface area contributed by atoms with Gasteiger partial charge in [0.2, 0.25) is 0 Å². The molecule has 0 bridgehead atoms. The number of hydrogen-bond acceptors (Lipinski definition) is 2. The van der Waals surface area contributed by atoms with Gasteiger partial charge in [0.15, 0.2) is 0 Å². The van der Waals surface area contributed by atoms with Crippen molar-refractivity contribution in [2.45, 2.75) is 83.4 Å². The normalized spacial score (nSPS) is 30.9. The second-order valence-corrected chi connectivity index (χ2v) is 6.42. The highest BCUT2D eigenvalue weighted by atomic mass is 16.3. The molecule has 2 aliphatic carbocycles. The molecule has 2 aliphatic rings. The Hall–Kier alpha value is -0.0800. The number of aliphatic hydroxyl groups excluding tert-OH is 1. The number of hydrogen-bond donors (Lipinski definition) is 1. The van der Waals surface area contributed by atoms with E-state index in [-0.39, 0.29) is 6.10 Å². The van der Waals surface area contributed by atoms with Crippen molar-refractivity contribution in [3.63, 3.8) is 0 Å². The van der Waals surface area contributed by atoms with Crippen molar-refractivity contribution in [1.29, 1.82) is 0 Å². The van der Waals surface area contributed by atoms with Gasteiger partial charge < -0.3 is 5.11 Å². The summed E-state index contributed by atoms with van der Waals surface area (Å²) in [6.45, 7) is 5.80. The summed E-state index contributed by atoms with van der Waals surface area (Å²) in [6, 6.07) is 1.26. The van der Waals surface area contributed by atoms with Crippen LogP contribution < -0.4 is 0 Å². The SMILES string of the molecule is CC(C)CCN(C1CC1)C1CCCCCC1O. The van der Waals surface area contributed by atoms with Crippen LogP contribution in [0.5, 0.6) is 0 Å². The standard InChI is InChI=1S/C15H29NO/c1-12(2)10-11-16(13-8-9-13)14-6-4-3-5-7-15(14)17/h12-15,17H,3-11H2,1-2H3. The van der Waals surface area contributed by atoms with Crippen LogP contribution in [-0.4, -0.2) is 34.7 Å². The fourth-order valence-electron chi connectivity index (χ4n) is 3.09. The zero-order valence-corrected chi connectivity index (χ0v) is 11.6. The van der Waals surface area contributed by atoms with E-state index in [0.717, 1.165) is 18.4 Å². The van der Waals surface area contributed by atoms with E-state index in [4.69, 9.17) is 0 Å². The number of aliphatic hydroxyl groups is 1. The van der Waals surface area contributed by atoms with Crippen LogP contribution in [0.3, 0.4) is 0 Å². The fourth-order valence-corrected chi connectivity index (χ4v) is 3.09. The lowest BCUT2D eigenvalue weighted by atomic mass is 10.0. The molecule has 0 heterocycles. The van der Waals surface area contributed by atoms with Gasteiger partial charge in [0.05, 0.1) is 6.10 Å². The molecule has 0 radical (unpaired) electrons. The molecular formula is C15H29NO. The van der Waals surface area contributed by atoms with Gasteiger partial charge in [-0.1, -0.05) is 33.1 Å². The number of nitrogens with zero attached hydrogens (tertiary/aromatic N) is 1. The van der Waals surface area contributed by atoms with Crippen LogP contribution in [0.4, 0.5) is 0 Å². The van der Waals surface area contributed by atoms with Crippen molar-refractivity contribution in [3.05, 3.63) is 0 Å². The van der Waals surface area contributed by atoms with E-state index < -0.39 is 0 Å². The molecule has 0 aromatic rings. The first kappa shape index (κ1) is 13.4. The lowest BCUT2D eigenvalue weighted by molar-refractivity contribution is 0.0367. The van der Waals surface area contributed by atoms with E-state index in [9.17, 15) is 5.11 Å². The molecule has 2 atom stereocenters. The average Bonchev–Trinajstić information content (AvgIpc) is 3.08. The fraction of sp³-hybridized carbons (Fsp3) is 1.00. The molecule has 0 aromatic carbocycles. The van der Waals surface area contributed by atoms with Crippen molar-refractivity contribution in [3.8, 4) is 0 Å². The third-order valence-electron chi connectivity index (χ3n) is 4.35. The van der Waals surface area contributed by atoms with Crippen LogP contribution >= 0.6 is 0 Å². The summed E-state index contributed by atoms with van der Waals surface area (Å²) < 4.78 is 0. The maximum atomic E-state index is 10.3. The minimum absolute atomic E-state index is 0.0646. The summed E-state index contributed by atoms with van der Waals surface area (Å²) in [6.07, 6.45) is 10.0. The van der Waals surface area contributed by atoms with E-state index in [2.05, 4.69) is 18.7 Å². The van der Waals surface area contributed by atoms with Crippen LogP contribution in [0.25, 0.3) is 0 Å². The molecule has 100 valence electrons. The van der Waals surface area contributed by atoms with Gasteiger partial charge in [0.25, 0.3) is 0 Å². The average molecular weight is 239 g/mol. The molecule has 0 aromatic heterocycles. The minimum atomic E-state index is -0.0646. The second-order valence-electron chi connectivity index (χ2n) is 6.42. The summed E-state index contributed by atoms with van der Waals surface area (Å²) >= 11 is 0. The summed E-state index contributed by atoms with van der Waals surface area (Å²) in [4.78, 5) is 2.65. The van der Waals surface area contributed by atoms with Gasteiger partial charge in [-0.2, -0.15) is 0 Å². The van der Waals surface area contributed by atoms with Crippen molar-refractivity contribution in [2.75, 3.05) is 6.54 Å². The quantitative estimate of drug-likeness (QED) is 0.745. The van der Waals surface area contributed by atoms with Gasteiger partial charge in [-0.05, 0) is 44.6 Å². The van der Waals surface area contributed by atoms with E-state index in [1.807, 2.05) is 0 Å². The Morgan fingerprint density at radius 2 is 1.76 bits per heavy atom. The highest BCUT2D eigenvalue weighted by Gasteiger charge is 2.36. The second kappa shape index (κ2) is 6.19. The van der Waals surface area contributed by atoms with Crippen LogP contribution in [0.15, 0.2) is 0 Å². The first-order valence-electron chi connectivity index (χ1n) is 7.62.